The van der Waals surface area contributed by atoms with E-state index < -0.39 is 0 Å². The fourth-order valence-corrected chi connectivity index (χ4v) is 4.36. The molecule has 0 radical (unpaired) electrons. The molecule has 2 aliphatic rings. The molecule has 124 valence electrons. The molecule has 0 N–H and O–H groups in total. The van der Waals surface area contributed by atoms with Crippen LogP contribution in [0.1, 0.15) is 12.8 Å². The van der Waals surface area contributed by atoms with E-state index in [2.05, 4.69) is 67.8 Å². The molecule has 2 aliphatic heterocycles. The Hall–Kier alpha value is -0.860. The number of nitrogens with zero attached hydrogens (tertiary/aromatic N) is 5. The Balaban J connectivity index is 1.40. The van der Waals surface area contributed by atoms with Crippen molar-refractivity contribution in [3.8, 4) is 0 Å². The first kappa shape index (κ1) is 15.7. The van der Waals surface area contributed by atoms with Crippen LogP contribution in [0.25, 0.3) is 5.52 Å². The van der Waals surface area contributed by atoms with Crippen LogP contribution in [-0.4, -0.2) is 71.8 Å². The molecule has 2 fully saturated rings. The molecule has 0 unspecified atom stereocenters. The number of likely N-dealkylation sites (N-methyl/N-ethyl adjacent to an activating group) is 1. The van der Waals surface area contributed by atoms with Crippen molar-refractivity contribution >= 4 is 33.8 Å². The number of piperazine rings is 1. The lowest BCUT2D eigenvalue weighted by Crippen LogP contribution is -2.52. The summed E-state index contributed by atoms with van der Waals surface area (Å²) in [5.74, 6) is 0. The fraction of sp³-hybridized carbons (Fsp3) is 0.588. The van der Waals surface area contributed by atoms with Gasteiger partial charge in [0.25, 0.3) is 0 Å². The van der Waals surface area contributed by atoms with Crippen molar-refractivity contribution in [2.24, 2.45) is 0 Å². The number of hydrogen-bond acceptors (Lipinski definition) is 4. The van der Waals surface area contributed by atoms with Crippen LogP contribution in [0.5, 0.6) is 0 Å². The van der Waals surface area contributed by atoms with Crippen molar-refractivity contribution < 1.29 is 0 Å². The summed E-state index contributed by atoms with van der Waals surface area (Å²) in [4.78, 5) is 7.66. The Morgan fingerprint density at radius 1 is 1.04 bits per heavy atom. The number of anilines is 1. The summed E-state index contributed by atoms with van der Waals surface area (Å²) in [5, 5.41) is 4.44. The number of pyridine rings is 1. The van der Waals surface area contributed by atoms with E-state index in [1.807, 2.05) is 10.7 Å². The number of fused-ring (bicyclic) bond motifs is 1. The van der Waals surface area contributed by atoms with Gasteiger partial charge in [0.05, 0.1) is 27.2 Å². The van der Waals surface area contributed by atoms with Crippen LogP contribution in [0.2, 0.25) is 0 Å². The summed E-state index contributed by atoms with van der Waals surface area (Å²) in [5.41, 5.74) is 2.50. The second-order valence-electron chi connectivity index (χ2n) is 6.77. The van der Waals surface area contributed by atoms with Crippen LogP contribution in [0.3, 0.4) is 0 Å². The van der Waals surface area contributed by atoms with Gasteiger partial charge in [-0.2, -0.15) is 5.10 Å². The highest BCUT2D eigenvalue weighted by Gasteiger charge is 2.26. The summed E-state index contributed by atoms with van der Waals surface area (Å²) >= 11 is 2.34. The molecule has 4 rings (SSSR count). The Kier molecular flexibility index (Phi) is 4.47. The molecule has 6 heteroatoms. The largest absolute Gasteiger partial charge is 0.370 e. The van der Waals surface area contributed by atoms with Gasteiger partial charge >= 0.3 is 0 Å². The summed E-state index contributed by atoms with van der Waals surface area (Å²) in [7, 11) is 2.23. The molecule has 4 heterocycles. The van der Waals surface area contributed by atoms with E-state index >= 15 is 0 Å². The molecule has 0 spiro atoms. The molecule has 0 atom stereocenters. The molecular weight excluding hydrogens is 401 g/mol. The second-order valence-corrected chi connectivity index (χ2v) is 7.93. The van der Waals surface area contributed by atoms with Crippen LogP contribution >= 0.6 is 22.6 Å². The zero-order chi connectivity index (χ0) is 15.8. The highest BCUT2D eigenvalue weighted by Crippen LogP contribution is 2.24. The first-order chi connectivity index (χ1) is 11.2. The first-order valence-electron chi connectivity index (χ1n) is 8.51. The molecule has 2 saturated heterocycles. The van der Waals surface area contributed by atoms with Crippen LogP contribution in [0.15, 0.2) is 24.5 Å². The lowest BCUT2D eigenvalue weighted by atomic mass is 10.0. The second kappa shape index (κ2) is 6.57. The van der Waals surface area contributed by atoms with Gasteiger partial charge in [-0.15, -0.1) is 0 Å². The molecule has 0 saturated carbocycles. The normalized spacial score (nSPS) is 22.1. The minimum Gasteiger partial charge on any atom is -0.370 e. The number of aromatic nitrogens is 2. The highest BCUT2D eigenvalue weighted by atomic mass is 127. The maximum absolute atomic E-state index is 4.44. The third kappa shape index (κ3) is 3.21. The topological polar surface area (TPSA) is 27.0 Å². The molecule has 0 aromatic carbocycles. The third-order valence-electron chi connectivity index (χ3n) is 5.34. The van der Waals surface area contributed by atoms with Gasteiger partial charge < -0.3 is 9.80 Å². The van der Waals surface area contributed by atoms with E-state index in [1.165, 1.54) is 53.8 Å². The van der Waals surface area contributed by atoms with E-state index in [9.17, 15) is 0 Å². The molecule has 0 bridgehead atoms. The molecule has 2 aromatic rings. The highest BCUT2D eigenvalue weighted by molar-refractivity contribution is 14.1. The van der Waals surface area contributed by atoms with E-state index in [1.54, 1.807) is 0 Å². The zero-order valence-electron chi connectivity index (χ0n) is 13.7. The monoisotopic (exact) mass is 425 g/mol. The van der Waals surface area contributed by atoms with Gasteiger partial charge in [0.2, 0.25) is 0 Å². The average molecular weight is 425 g/mol. The minimum atomic E-state index is 0.773. The summed E-state index contributed by atoms with van der Waals surface area (Å²) < 4.78 is 3.21. The molecule has 0 aliphatic carbocycles. The van der Waals surface area contributed by atoms with Gasteiger partial charge in [-0.1, -0.05) is 0 Å². The van der Waals surface area contributed by atoms with Crippen molar-refractivity contribution in [3.63, 3.8) is 0 Å². The number of piperidine rings is 1. The van der Waals surface area contributed by atoms with Gasteiger partial charge in [-0.05, 0) is 54.6 Å². The van der Waals surface area contributed by atoms with E-state index in [-0.39, 0.29) is 0 Å². The van der Waals surface area contributed by atoms with Crippen LogP contribution < -0.4 is 4.90 Å². The summed E-state index contributed by atoms with van der Waals surface area (Å²) in [6, 6.07) is 5.21. The average Bonchev–Trinajstić information content (AvgIpc) is 2.96. The summed E-state index contributed by atoms with van der Waals surface area (Å²) in [6.07, 6.45) is 6.66. The molecule has 5 nitrogen and oxygen atoms in total. The van der Waals surface area contributed by atoms with Gasteiger partial charge in [-0.25, -0.2) is 4.52 Å². The molecule has 2 aromatic heterocycles. The maximum atomic E-state index is 4.44. The van der Waals surface area contributed by atoms with E-state index in [0.717, 1.165) is 19.1 Å². The standard InChI is InChI=1S/C17H24IN5/c1-20-8-10-22(11-9-20)14-4-6-21(7-5-14)15-2-3-17-16(18)12-19-23(17)13-15/h2-3,12-14H,4-11H2,1H3. The van der Waals surface area contributed by atoms with Gasteiger partial charge in [0.15, 0.2) is 0 Å². The Morgan fingerprint density at radius 3 is 2.52 bits per heavy atom. The van der Waals surface area contributed by atoms with Crippen molar-refractivity contribution in [2.45, 2.75) is 18.9 Å². The van der Waals surface area contributed by atoms with Crippen LogP contribution in [0.4, 0.5) is 5.69 Å². The van der Waals surface area contributed by atoms with Crippen molar-refractivity contribution in [3.05, 3.63) is 28.1 Å². The van der Waals surface area contributed by atoms with Crippen molar-refractivity contribution in [2.75, 3.05) is 51.2 Å². The number of rotatable bonds is 2. The van der Waals surface area contributed by atoms with E-state index in [0.29, 0.717) is 0 Å². The third-order valence-corrected chi connectivity index (χ3v) is 6.17. The summed E-state index contributed by atoms with van der Waals surface area (Å²) in [6.45, 7) is 7.21. The lowest BCUT2D eigenvalue weighted by molar-refractivity contribution is 0.0982. The van der Waals surface area contributed by atoms with Gasteiger partial charge in [0.1, 0.15) is 0 Å². The fourth-order valence-electron chi connectivity index (χ4n) is 3.81. The van der Waals surface area contributed by atoms with Crippen LogP contribution in [0, 0.1) is 3.57 Å². The molecule has 23 heavy (non-hydrogen) atoms. The maximum Gasteiger partial charge on any atom is 0.0796 e. The number of halogens is 1. The smallest absolute Gasteiger partial charge is 0.0796 e. The van der Waals surface area contributed by atoms with Crippen LogP contribution in [-0.2, 0) is 0 Å². The van der Waals surface area contributed by atoms with Gasteiger partial charge in [-0.3, -0.25) is 4.90 Å². The minimum absolute atomic E-state index is 0.773. The zero-order valence-corrected chi connectivity index (χ0v) is 15.8. The molecule has 0 amide bonds. The van der Waals surface area contributed by atoms with Crippen molar-refractivity contribution in [1.82, 2.24) is 19.4 Å². The van der Waals surface area contributed by atoms with Gasteiger partial charge in [0, 0.05) is 45.3 Å². The Labute approximate surface area is 151 Å². The Bertz CT molecular complexity index is 669. The van der Waals surface area contributed by atoms with E-state index in [4.69, 9.17) is 0 Å². The lowest BCUT2D eigenvalue weighted by Gasteiger charge is -2.42. The first-order valence-corrected chi connectivity index (χ1v) is 9.59. The predicted molar refractivity (Wildman–Crippen MR) is 102 cm³/mol. The quantitative estimate of drug-likeness (QED) is 0.690. The number of hydrogen-bond donors (Lipinski definition) is 0. The Morgan fingerprint density at radius 2 is 1.78 bits per heavy atom. The molecular formula is C17H24IN5. The van der Waals surface area contributed by atoms with Crippen molar-refractivity contribution in [1.29, 1.82) is 0 Å². The SMILES string of the molecule is CN1CCN(C2CCN(c3ccc4c(I)cnn4c3)CC2)CC1. The predicted octanol–water partition coefficient (Wildman–Crippen LogP) is 2.16.